The lowest BCUT2D eigenvalue weighted by molar-refractivity contribution is 0.146. The molecule has 0 spiro atoms. The number of nitrogens with zero attached hydrogens (tertiary/aromatic N) is 1. The molecule has 17 heavy (non-hydrogen) atoms. The zero-order chi connectivity index (χ0) is 12.3. The maximum Gasteiger partial charge on any atom is 0.280 e. The number of hydrogen-bond acceptors (Lipinski definition) is 3. The van der Waals surface area contributed by atoms with Gasteiger partial charge in [0.2, 0.25) is 5.95 Å². The molecule has 0 aliphatic heterocycles. The summed E-state index contributed by atoms with van der Waals surface area (Å²) in [5.74, 6) is -0.000926. The van der Waals surface area contributed by atoms with Gasteiger partial charge in [0, 0.05) is 11.8 Å². The van der Waals surface area contributed by atoms with E-state index in [4.69, 9.17) is 0 Å². The van der Waals surface area contributed by atoms with Crippen molar-refractivity contribution in [3.63, 3.8) is 0 Å². The minimum atomic E-state index is -2.77. The predicted octanol–water partition coefficient (Wildman–Crippen LogP) is 2.45. The van der Waals surface area contributed by atoms with Crippen LogP contribution in [0.25, 0.3) is 0 Å². The van der Waals surface area contributed by atoms with E-state index in [1.165, 1.54) is 0 Å². The van der Waals surface area contributed by atoms with Crippen LogP contribution in [-0.2, 0) is 0 Å². The minimum absolute atomic E-state index is 0.000926. The lowest BCUT2D eigenvalue weighted by Crippen LogP contribution is -2.12. The summed E-state index contributed by atoms with van der Waals surface area (Å²) in [6, 6.07) is 9.61. The van der Waals surface area contributed by atoms with E-state index in [0.29, 0.717) is 5.69 Å². The number of rotatable bonds is 3. The number of H-pyrrole nitrogens is 1. The van der Waals surface area contributed by atoms with Crippen LogP contribution >= 0.6 is 0 Å². The number of para-hydroxylation sites is 1. The number of aromatic nitrogens is 2. The maximum atomic E-state index is 12.4. The third-order valence-corrected chi connectivity index (χ3v) is 2.02. The fraction of sp³-hybridized carbons (Fsp3) is 0.0909. The lowest BCUT2D eigenvalue weighted by atomic mass is 10.3. The van der Waals surface area contributed by atoms with Gasteiger partial charge in [-0.3, -0.25) is 9.78 Å². The van der Waals surface area contributed by atoms with Crippen LogP contribution in [0.3, 0.4) is 0 Å². The van der Waals surface area contributed by atoms with Crippen molar-refractivity contribution in [2.75, 3.05) is 5.32 Å². The zero-order valence-corrected chi connectivity index (χ0v) is 8.65. The average Bonchev–Trinajstić information content (AvgIpc) is 2.29. The molecule has 0 radical (unpaired) electrons. The first-order valence-electron chi connectivity index (χ1n) is 4.86. The summed E-state index contributed by atoms with van der Waals surface area (Å²) in [7, 11) is 0. The Balaban J connectivity index is 2.30. The summed E-state index contributed by atoms with van der Waals surface area (Å²) < 4.78 is 24.8. The van der Waals surface area contributed by atoms with E-state index < -0.39 is 17.7 Å². The van der Waals surface area contributed by atoms with Crippen LogP contribution in [0.2, 0.25) is 0 Å². The zero-order valence-electron chi connectivity index (χ0n) is 8.65. The van der Waals surface area contributed by atoms with Gasteiger partial charge in [-0.15, -0.1) is 0 Å². The molecule has 0 aliphatic rings. The maximum absolute atomic E-state index is 12.4. The van der Waals surface area contributed by atoms with Gasteiger partial charge in [-0.2, -0.15) is 0 Å². The van der Waals surface area contributed by atoms with Gasteiger partial charge in [-0.05, 0) is 12.1 Å². The highest BCUT2D eigenvalue weighted by atomic mass is 19.3. The second kappa shape index (κ2) is 4.73. The molecule has 1 aromatic heterocycles. The number of benzene rings is 1. The third-order valence-electron chi connectivity index (χ3n) is 2.02. The highest BCUT2D eigenvalue weighted by Gasteiger charge is 2.11. The Hall–Kier alpha value is -2.24. The van der Waals surface area contributed by atoms with Crippen LogP contribution in [0, 0.1) is 0 Å². The summed E-state index contributed by atoms with van der Waals surface area (Å²) in [4.78, 5) is 17.1. The molecule has 2 rings (SSSR count). The fourth-order valence-corrected chi connectivity index (χ4v) is 1.31. The van der Waals surface area contributed by atoms with Crippen LogP contribution in [0.4, 0.5) is 20.4 Å². The smallest absolute Gasteiger partial charge is 0.280 e. The van der Waals surface area contributed by atoms with Gasteiger partial charge in [-0.1, -0.05) is 18.2 Å². The normalized spacial score (nSPS) is 10.5. The average molecular weight is 237 g/mol. The molecule has 4 nitrogen and oxygen atoms in total. The molecule has 0 saturated heterocycles. The van der Waals surface area contributed by atoms with Crippen LogP contribution in [0.15, 0.2) is 41.2 Å². The Labute approximate surface area is 95.3 Å². The fourth-order valence-electron chi connectivity index (χ4n) is 1.31. The molecule has 1 heterocycles. The molecule has 88 valence electrons. The molecule has 6 heteroatoms. The molecule has 0 fully saturated rings. The van der Waals surface area contributed by atoms with E-state index in [0.717, 1.165) is 6.07 Å². The van der Waals surface area contributed by atoms with Crippen LogP contribution in [0.1, 0.15) is 12.1 Å². The first kappa shape index (κ1) is 11.3. The van der Waals surface area contributed by atoms with Gasteiger partial charge in [0.05, 0.1) is 0 Å². The Morgan fingerprint density at radius 3 is 2.59 bits per heavy atom. The summed E-state index contributed by atoms with van der Waals surface area (Å²) in [6.07, 6.45) is -2.77. The monoisotopic (exact) mass is 237 g/mol. The number of alkyl halides is 2. The summed E-state index contributed by atoms with van der Waals surface area (Å²) >= 11 is 0. The molecule has 0 unspecified atom stereocenters. The number of nitrogens with one attached hydrogen (secondary N) is 2. The van der Waals surface area contributed by atoms with Gasteiger partial charge >= 0.3 is 0 Å². The van der Waals surface area contributed by atoms with E-state index in [9.17, 15) is 13.6 Å². The largest absolute Gasteiger partial charge is 0.326 e. The van der Waals surface area contributed by atoms with Crippen molar-refractivity contribution in [2.24, 2.45) is 0 Å². The van der Waals surface area contributed by atoms with E-state index in [1.54, 1.807) is 24.3 Å². The first-order valence-corrected chi connectivity index (χ1v) is 4.86. The molecule has 2 N–H and O–H groups in total. The second-order valence-electron chi connectivity index (χ2n) is 3.31. The van der Waals surface area contributed by atoms with Crippen LogP contribution < -0.4 is 10.9 Å². The molecular weight excluding hydrogens is 228 g/mol. The van der Waals surface area contributed by atoms with E-state index in [1.807, 2.05) is 6.07 Å². The van der Waals surface area contributed by atoms with Crippen molar-refractivity contribution in [3.05, 3.63) is 52.4 Å². The molecule has 2 aromatic rings. The quantitative estimate of drug-likeness (QED) is 0.862. The second-order valence-corrected chi connectivity index (χ2v) is 3.31. The molecule has 0 aliphatic carbocycles. The van der Waals surface area contributed by atoms with Crippen molar-refractivity contribution in [3.8, 4) is 0 Å². The van der Waals surface area contributed by atoms with E-state index in [2.05, 4.69) is 15.3 Å². The van der Waals surface area contributed by atoms with Crippen molar-refractivity contribution < 1.29 is 8.78 Å². The van der Waals surface area contributed by atoms with Gasteiger partial charge < -0.3 is 5.32 Å². The number of aromatic amines is 1. The van der Waals surface area contributed by atoms with Crippen molar-refractivity contribution in [1.82, 2.24) is 9.97 Å². The molecule has 1 aromatic carbocycles. The minimum Gasteiger partial charge on any atom is -0.326 e. The SMILES string of the molecule is O=c1cc(C(F)F)nc(Nc2ccccc2)[nH]1. The standard InChI is InChI=1S/C11H9F2N3O/c12-10(13)8-6-9(17)16-11(15-8)14-7-4-2-1-3-5-7/h1-6,10H,(H2,14,15,16,17). The van der Waals surface area contributed by atoms with Crippen LogP contribution in [-0.4, -0.2) is 9.97 Å². The van der Waals surface area contributed by atoms with Crippen LogP contribution in [0.5, 0.6) is 0 Å². The molecule has 0 atom stereocenters. The van der Waals surface area contributed by atoms with Crippen molar-refractivity contribution in [1.29, 1.82) is 0 Å². The number of hydrogen-bond donors (Lipinski definition) is 2. The van der Waals surface area contributed by atoms with Crippen molar-refractivity contribution in [2.45, 2.75) is 6.43 Å². The summed E-state index contributed by atoms with van der Waals surface area (Å²) in [5.41, 5.74) is -0.511. The summed E-state index contributed by atoms with van der Waals surface area (Å²) in [5, 5.41) is 2.74. The lowest BCUT2D eigenvalue weighted by Gasteiger charge is -2.06. The Morgan fingerprint density at radius 2 is 1.94 bits per heavy atom. The molecule has 0 saturated carbocycles. The predicted molar refractivity (Wildman–Crippen MR) is 59.5 cm³/mol. The van der Waals surface area contributed by atoms with E-state index >= 15 is 0 Å². The first-order chi connectivity index (χ1) is 8.15. The summed E-state index contributed by atoms with van der Waals surface area (Å²) in [6.45, 7) is 0. The highest BCUT2D eigenvalue weighted by Crippen LogP contribution is 2.16. The number of anilines is 2. The van der Waals surface area contributed by atoms with Crippen molar-refractivity contribution >= 4 is 11.6 Å². The molecule has 0 amide bonds. The number of halogens is 2. The Bertz CT molecular complexity index is 554. The highest BCUT2D eigenvalue weighted by molar-refractivity contribution is 5.52. The molecular formula is C11H9F2N3O. The van der Waals surface area contributed by atoms with Gasteiger partial charge in [0.15, 0.2) is 0 Å². The Kier molecular flexibility index (Phi) is 3.13. The van der Waals surface area contributed by atoms with Gasteiger partial charge in [0.1, 0.15) is 5.69 Å². The van der Waals surface area contributed by atoms with Gasteiger partial charge in [-0.25, -0.2) is 13.8 Å². The van der Waals surface area contributed by atoms with Gasteiger partial charge in [0.25, 0.3) is 12.0 Å². The molecule has 0 bridgehead atoms. The Morgan fingerprint density at radius 1 is 1.24 bits per heavy atom. The topological polar surface area (TPSA) is 57.8 Å². The van der Waals surface area contributed by atoms with E-state index in [-0.39, 0.29) is 5.95 Å². The third kappa shape index (κ3) is 2.87.